The van der Waals surface area contributed by atoms with E-state index in [-0.39, 0.29) is 11.6 Å². The average molecular weight is 478 g/mol. The Kier molecular flexibility index (Phi) is 6.66. The molecule has 2 heterocycles. The first-order valence-electron chi connectivity index (χ1n) is 12.2. The number of benzene rings is 2. The normalized spacial score (nSPS) is 18.8. The zero-order valence-electron chi connectivity index (χ0n) is 19.5. The van der Waals surface area contributed by atoms with Crippen molar-refractivity contribution in [3.63, 3.8) is 0 Å². The Hall–Kier alpha value is -2.77. The number of nitrogens with one attached hydrogen (secondary N) is 1. The molecular weight excluding hydrogens is 446 g/mol. The standard InChI is InChI=1S/C27H31N3O3S/c1-2-14-29-17-23(27(32)33)30-24(34-29)16-20(25(26(30)31)28-21-11-4-5-12-21)15-19-10-7-9-18-8-3-6-13-22(18)19/h3,6-10,13,16,21,23,28H,2,4-5,11-12,14-15,17H2,1H3,(H,32,33). The van der Waals surface area contributed by atoms with Gasteiger partial charge in [-0.15, -0.1) is 0 Å². The number of anilines is 1. The summed E-state index contributed by atoms with van der Waals surface area (Å²) in [5.74, 6) is -0.960. The van der Waals surface area contributed by atoms with Crippen LogP contribution in [-0.2, 0) is 11.2 Å². The van der Waals surface area contributed by atoms with E-state index in [2.05, 4.69) is 46.9 Å². The van der Waals surface area contributed by atoms with Crippen molar-refractivity contribution >= 4 is 34.4 Å². The summed E-state index contributed by atoms with van der Waals surface area (Å²) >= 11 is 1.50. The van der Waals surface area contributed by atoms with Crippen LogP contribution >= 0.6 is 11.9 Å². The van der Waals surface area contributed by atoms with E-state index < -0.39 is 12.0 Å². The Labute approximate surface area is 204 Å². The van der Waals surface area contributed by atoms with Crippen LogP contribution < -0.4 is 10.9 Å². The third kappa shape index (κ3) is 4.46. The van der Waals surface area contributed by atoms with Gasteiger partial charge in [-0.1, -0.05) is 62.2 Å². The maximum atomic E-state index is 13.9. The molecule has 3 aromatic rings. The molecule has 0 spiro atoms. The SMILES string of the molecule is CCCN1CC(C(=O)O)n2c(cc(Cc3cccc4ccccc34)c(NC3CCCC3)c2=O)S1. The van der Waals surface area contributed by atoms with Gasteiger partial charge < -0.3 is 10.4 Å². The number of rotatable bonds is 7. The zero-order valence-corrected chi connectivity index (χ0v) is 20.3. The fourth-order valence-corrected chi connectivity index (χ4v) is 6.50. The van der Waals surface area contributed by atoms with E-state index in [9.17, 15) is 14.7 Å². The molecule has 1 aliphatic carbocycles. The van der Waals surface area contributed by atoms with Crippen molar-refractivity contribution in [3.05, 3.63) is 70.0 Å². The van der Waals surface area contributed by atoms with Gasteiger partial charge in [-0.2, -0.15) is 0 Å². The first-order valence-corrected chi connectivity index (χ1v) is 13.0. The summed E-state index contributed by atoms with van der Waals surface area (Å²) in [4.78, 5) is 26.0. The van der Waals surface area contributed by atoms with E-state index in [1.807, 2.05) is 18.2 Å². The molecule has 1 unspecified atom stereocenters. The second-order valence-corrected chi connectivity index (χ2v) is 10.4. The number of carboxylic acids is 1. The Morgan fingerprint density at radius 2 is 1.88 bits per heavy atom. The largest absolute Gasteiger partial charge is 0.480 e. The number of carbonyl (C=O) groups is 1. The molecule has 2 N–H and O–H groups in total. The number of pyridine rings is 1. The molecule has 0 saturated heterocycles. The maximum Gasteiger partial charge on any atom is 0.328 e. The summed E-state index contributed by atoms with van der Waals surface area (Å²) in [7, 11) is 0. The Morgan fingerprint density at radius 1 is 1.12 bits per heavy atom. The smallest absolute Gasteiger partial charge is 0.328 e. The van der Waals surface area contributed by atoms with Crippen LogP contribution in [0.15, 0.2) is 58.4 Å². The van der Waals surface area contributed by atoms with E-state index in [0.717, 1.165) is 49.8 Å². The van der Waals surface area contributed by atoms with Gasteiger partial charge in [-0.05, 0) is 59.2 Å². The van der Waals surface area contributed by atoms with Gasteiger partial charge in [0.1, 0.15) is 11.7 Å². The highest BCUT2D eigenvalue weighted by molar-refractivity contribution is 7.97. The molecule has 1 atom stereocenters. The van der Waals surface area contributed by atoms with Gasteiger partial charge >= 0.3 is 5.97 Å². The molecule has 1 aromatic heterocycles. The monoisotopic (exact) mass is 477 g/mol. The molecule has 2 aromatic carbocycles. The van der Waals surface area contributed by atoms with E-state index in [0.29, 0.717) is 23.7 Å². The molecule has 0 amide bonds. The van der Waals surface area contributed by atoms with E-state index in [4.69, 9.17) is 0 Å². The summed E-state index contributed by atoms with van der Waals surface area (Å²) in [5, 5.41) is 16.6. The lowest BCUT2D eigenvalue weighted by molar-refractivity contribution is -0.141. The minimum Gasteiger partial charge on any atom is -0.480 e. The summed E-state index contributed by atoms with van der Waals surface area (Å²) in [6.07, 6.45) is 5.93. The molecule has 0 radical (unpaired) electrons. The van der Waals surface area contributed by atoms with Gasteiger partial charge in [0, 0.05) is 25.6 Å². The summed E-state index contributed by atoms with van der Waals surface area (Å²) in [5.41, 5.74) is 2.46. The number of carboxylic acid groups (broad SMARTS) is 1. The van der Waals surface area contributed by atoms with Crippen LogP contribution in [0.3, 0.4) is 0 Å². The summed E-state index contributed by atoms with van der Waals surface area (Å²) in [6.45, 7) is 3.19. The Bertz CT molecular complexity index is 1260. The number of hydrogen-bond acceptors (Lipinski definition) is 5. The van der Waals surface area contributed by atoms with E-state index in [1.54, 1.807) is 0 Å². The lowest BCUT2D eigenvalue weighted by Gasteiger charge is -2.33. The molecule has 2 aliphatic rings. The highest BCUT2D eigenvalue weighted by Crippen LogP contribution is 2.35. The highest BCUT2D eigenvalue weighted by Gasteiger charge is 2.34. The van der Waals surface area contributed by atoms with Crippen molar-refractivity contribution in [2.45, 2.75) is 62.6 Å². The second-order valence-electron chi connectivity index (χ2n) is 9.33. The van der Waals surface area contributed by atoms with E-state index in [1.165, 1.54) is 27.3 Å². The molecule has 5 rings (SSSR count). The maximum absolute atomic E-state index is 13.9. The van der Waals surface area contributed by atoms with Crippen LogP contribution in [-0.4, -0.2) is 39.1 Å². The van der Waals surface area contributed by atoms with Crippen LogP contribution in [0.1, 0.15) is 56.2 Å². The number of aliphatic carboxylic acids is 1. The van der Waals surface area contributed by atoms with Crippen molar-refractivity contribution in [2.24, 2.45) is 0 Å². The van der Waals surface area contributed by atoms with E-state index >= 15 is 0 Å². The number of fused-ring (bicyclic) bond motifs is 2. The van der Waals surface area contributed by atoms with Gasteiger partial charge in [-0.3, -0.25) is 9.36 Å². The molecule has 6 nitrogen and oxygen atoms in total. The summed E-state index contributed by atoms with van der Waals surface area (Å²) in [6, 6.07) is 16.0. The predicted molar refractivity (Wildman–Crippen MR) is 138 cm³/mol. The summed E-state index contributed by atoms with van der Waals surface area (Å²) < 4.78 is 3.57. The Balaban J connectivity index is 1.63. The topological polar surface area (TPSA) is 74.6 Å². The highest BCUT2D eigenvalue weighted by atomic mass is 32.2. The molecule has 7 heteroatoms. The van der Waals surface area contributed by atoms with Crippen LogP contribution in [0.2, 0.25) is 0 Å². The van der Waals surface area contributed by atoms with Gasteiger partial charge in [-0.25, -0.2) is 9.10 Å². The minimum absolute atomic E-state index is 0.212. The Morgan fingerprint density at radius 3 is 2.65 bits per heavy atom. The number of aromatic nitrogens is 1. The fraction of sp³-hybridized carbons (Fsp3) is 0.407. The zero-order chi connectivity index (χ0) is 23.7. The van der Waals surface area contributed by atoms with Crippen LogP contribution in [0.5, 0.6) is 0 Å². The number of nitrogens with zero attached hydrogens (tertiary/aromatic N) is 2. The van der Waals surface area contributed by atoms with Crippen LogP contribution in [0.4, 0.5) is 5.69 Å². The molecule has 178 valence electrons. The van der Waals surface area contributed by atoms with Gasteiger partial charge in [0.15, 0.2) is 0 Å². The lowest BCUT2D eigenvalue weighted by Crippen LogP contribution is -2.43. The lowest BCUT2D eigenvalue weighted by atomic mass is 9.97. The van der Waals surface area contributed by atoms with Gasteiger partial charge in [0.25, 0.3) is 5.56 Å². The second kappa shape index (κ2) is 9.84. The molecule has 34 heavy (non-hydrogen) atoms. The first kappa shape index (κ1) is 23.0. The van der Waals surface area contributed by atoms with Crippen molar-refractivity contribution in [3.8, 4) is 0 Å². The number of hydrogen-bond donors (Lipinski definition) is 2. The minimum atomic E-state index is -0.960. The third-order valence-electron chi connectivity index (χ3n) is 6.92. The van der Waals surface area contributed by atoms with Gasteiger partial charge in [0.05, 0.1) is 5.03 Å². The quantitative estimate of drug-likeness (QED) is 0.450. The van der Waals surface area contributed by atoms with Gasteiger partial charge in [0.2, 0.25) is 0 Å². The molecule has 1 aliphatic heterocycles. The fourth-order valence-electron chi connectivity index (χ4n) is 5.25. The van der Waals surface area contributed by atoms with Crippen molar-refractivity contribution in [1.82, 2.24) is 8.87 Å². The first-order chi connectivity index (χ1) is 16.5. The van der Waals surface area contributed by atoms with Crippen LogP contribution in [0.25, 0.3) is 10.8 Å². The molecule has 1 fully saturated rings. The third-order valence-corrected chi connectivity index (χ3v) is 8.01. The van der Waals surface area contributed by atoms with Crippen molar-refractivity contribution in [2.75, 3.05) is 18.4 Å². The molecule has 1 saturated carbocycles. The van der Waals surface area contributed by atoms with Crippen molar-refractivity contribution in [1.29, 1.82) is 0 Å². The van der Waals surface area contributed by atoms with Crippen molar-refractivity contribution < 1.29 is 9.90 Å². The predicted octanol–water partition coefficient (Wildman–Crippen LogP) is 5.31. The molecule has 0 bridgehead atoms. The van der Waals surface area contributed by atoms with Crippen LogP contribution in [0, 0.1) is 0 Å². The average Bonchev–Trinajstić information content (AvgIpc) is 3.35. The molecular formula is C27H31N3O3S.